The summed E-state index contributed by atoms with van der Waals surface area (Å²) in [6.45, 7) is 3.44. The molecule has 1 atom stereocenters. The molecule has 14 heteroatoms. The van der Waals surface area contributed by atoms with Crippen molar-refractivity contribution in [3.05, 3.63) is 76.4 Å². The van der Waals surface area contributed by atoms with E-state index in [0.29, 0.717) is 23.6 Å². The van der Waals surface area contributed by atoms with E-state index < -0.39 is 17.7 Å². The number of anilines is 1. The SMILES string of the molecule is CCOc1cc(C(Nc2ccc(C(=N)N)c(OC(C)=O)c2)c2nn(-c3ncccn3)c(=O)[nH]2)cnc1OC. The Hall–Kier alpha value is -5.27. The van der Waals surface area contributed by atoms with Gasteiger partial charge in [-0.15, -0.1) is 9.78 Å². The monoisotopic (exact) mass is 519 g/mol. The highest BCUT2D eigenvalue weighted by Gasteiger charge is 2.24. The van der Waals surface area contributed by atoms with Crippen LogP contribution in [0.4, 0.5) is 5.69 Å². The number of nitrogens with two attached hydrogens (primary N) is 1. The first-order valence-electron chi connectivity index (χ1n) is 11.4. The maximum Gasteiger partial charge on any atom is 0.350 e. The van der Waals surface area contributed by atoms with Crippen molar-refractivity contribution in [1.82, 2.24) is 29.7 Å². The summed E-state index contributed by atoms with van der Waals surface area (Å²) < 4.78 is 17.3. The normalized spacial score (nSPS) is 11.4. The number of ether oxygens (including phenoxy) is 3. The van der Waals surface area contributed by atoms with Crippen LogP contribution >= 0.6 is 0 Å². The van der Waals surface area contributed by atoms with Crippen LogP contribution in [0.15, 0.2) is 53.7 Å². The molecule has 3 heterocycles. The van der Waals surface area contributed by atoms with E-state index in [2.05, 4.69) is 30.4 Å². The number of nitrogens with one attached hydrogen (secondary N) is 3. The van der Waals surface area contributed by atoms with Crippen LogP contribution in [0, 0.1) is 5.41 Å². The molecule has 0 amide bonds. The number of amidine groups is 1. The number of H-pyrrole nitrogens is 1. The number of aromatic amines is 1. The Morgan fingerprint density at radius 2 is 1.97 bits per heavy atom. The first-order valence-corrected chi connectivity index (χ1v) is 11.4. The van der Waals surface area contributed by atoms with Crippen molar-refractivity contribution in [3.8, 4) is 23.3 Å². The molecule has 0 saturated heterocycles. The van der Waals surface area contributed by atoms with Gasteiger partial charge in [0.05, 0.1) is 19.3 Å². The molecule has 0 saturated carbocycles. The molecular weight excluding hydrogens is 494 g/mol. The summed E-state index contributed by atoms with van der Waals surface area (Å²) in [5.74, 6) is 0.220. The van der Waals surface area contributed by atoms with Crippen molar-refractivity contribution in [2.45, 2.75) is 19.9 Å². The quantitative estimate of drug-likeness (QED) is 0.103. The number of benzene rings is 1. The van der Waals surface area contributed by atoms with Crippen LogP contribution < -0.4 is 31.0 Å². The first-order chi connectivity index (χ1) is 18.3. The smallest absolute Gasteiger partial charge is 0.350 e. The molecule has 3 aromatic heterocycles. The second-order valence-corrected chi connectivity index (χ2v) is 7.78. The highest BCUT2D eigenvalue weighted by molar-refractivity contribution is 5.98. The molecule has 0 spiro atoms. The fraction of sp³-hybridized carbons (Fsp3) is 0.208. The lowest BCUT2D eigenvalue weighted by Gasteiger charge is -2.20. The molecule has 4 aromatic rings. The van der Waals surface area contributed by atoms with Gasteiger partial charge in [-0.1, -0.05) is 0 Å². The van der Waals surface area contributed by atoms with E-state index in [1.807, 2.05) is 6.92 Å². The first kappa shape index (κ1) is 25.8. The maximum atomic E-state index is 12.8. The van der Waals surface area contributed by atoms with Gasteiger partial charge in [-0.25, -0.2) is 19.7 Å². The van der Waals surface area contributed by atoms with E-state index in [9.17, 15) is 9.59 Å². The van der Waals surface area contributed by atoms with Gasteiger partial charge in [0.25, 0.3) is 11.8 Å². The summed E-state index contributed by atoms with van der Waals surface area (Å²) in [6, 6.07) is 7.25. The third-order valence-electron chi connectivity index (χ3n) is 5.15. The van der Waals surface area contributed by atoms with E-state index in [1.54, 1.807) is 24.4 Å². The summed E-state index contributed by atoms with van der Waals surface area (Å²) in [5, 5.41) is 15.5. The van der Waals surface area contributed by atoms with Crippen LogP contribution in [0.5, 0.6) is 17.4 Å². The molecule has 0 fully saturated rings. The fourth-order valence-electron chi connectivity index (χ4n) is 3.57. The minimum absolute atomic E-state index is 0.0876. The van der Waals surface area contributed by atoms with Crippen LogP contribution in [-0.4, -0.2) is 55.2 Å². The molecule has 38 heavy (non-hydrogen) atoms. The molecule has 14 nitrogen and oxygen atoms in total. The van der Waals surface area contributed by atoms with Gasteiger partial charge in [0.2, 0.25) is 0 Å². The zero-order valence-electron chi connectivity index (χ0n) is 20.8. The zero-order chi connectivity index (χ0) is 27.2. The van der Waals surface area contributed by atoms with E-state index in [-0.39, 0.29) is 34.8 Å². The Balaban J connectivity index is 1.82. The van der Waals surface area contributed by atoms with Crippen molar-refractivity contribution < 1.29 is 19.0 Å². The Kier molecular flexibility index (Phi) is 7.61. The largest absolute Gasteiger partial charge is 0.488 e. The molecule has 0 bridgehead atoms. The third kappa shape index (κ3) is 5.59. The molecule has 1 aromatic carbocycles. The van der Waals surface area contributed by atoms with Gasteiger partial charge >= 0.3 is 11.7 Å². The van der Waals surface area contributed by atoms with Gasteiger partial charge in [-0.05, 0) is 31.2 Å². The molecule has 1 unspecified atom stereocenters. The Morgan fingerprint density at radius 1 is 1.21 bits per heavy atom. The lowest BCUT2D eigenvalue weighted by molar-refractivity contribution is -0.131. The average Bonchev–Trinajstić information content (AvgIpc) is 3.28. The molecule has 0 aliphatic carbocycles. The molecule has 5 N–H and O–H groups in total. The number of nitrogen functional groups attached to an aromatic ring is 1. The minimum Gasteiger partial charge on any atom is -0.488 e. The van der Waals surface area contributed by atoms with Gasteiger partial charge in [0.15, 0.2) is 11.6 Å². The van der Waals surface area contributed by atoms with E-state index in [4.69, 9.17) is 25.4 Å². The zero-order valence-corrected chi connectivity index (χ0v) is 20.8. The van der Waals surface area contributed by atoms with Crippen LogP contribution in [-0.2, 0) is 4.79 Å². The maximum absolute atomic E-state index is 12.8. The van der Waals surface area contributed by atoms with Crippen molar-refractivity contribution in [1.29, 1.82) is 5.41 Å². The summed E-state index contributed by atoms with van der Waals surface area (Å²) in [4.78, 5) is 39.7. The number of pyridine rings is 1. The third-order valence-corrected chi connectivity index (χ3v) is 5.15. The highest BCUT2D eigenvalue weighted by Crippen LogP contribution is 2.32. The van der Waals surface area contributed by atoms with Gasteiger partial charge in [0, 0.05) is 42.8 Å². The predicted molar refractivity (Wildman–Crippen MR) is 136 cm³/mol. The standard InChI is InChI=1S/C24H25N9O5/c1-4-37-18-10-14(12-29-22(18)36-3)19(21-31-24(35)33(32-21)23-27-8-5-9-28-23)30-15-6-7-16(20(25)26)17(11-15)38-13(2)34/h5-12,19,30H,4H2,1-3H3,(H3,25,26)(H,31,32,35). The second-order valence-electron chi connectivity index (χ2n) is 7.78. The Morgan fingerprint density at radius 3 is 2.63 bits per heavy atom. The summed E-state index contributed by atoms with van der Waals surface area (Å²) >= 11 is 0. The van der Waals surface area contributed by atoms with Crippen molar-refractivity contribution in [3.63, 3.8) is 0 Å². The van der Waals surface area contributed by atoms with Crippen molar-refractivity contribution in [2.75, 3.05) is 19.0 Å². The molecule has 0 aliphatic heterocycles. The van der Waals surface area contributed by atoms with E-state index in [0.717, 1.165) is 4.68 Å². The van der Waals surface area contributed by atoms with Crippen LogP contribution in [0.3, 0.4) is 0 Å². The molecule has 0 radical (unpaired) electrons. The highest BCUT2D eigenvalue weighted by atomic mass is 16.5. The van der Waals surface area contributed by atoms with Crippen molar-refractivity contribution in [2.24, 2.45) is 5.73 Å². The number of rotatable bonds is 10. The van der Waals surface area contributed by atoms with Crippen LogP contribution in [0.1, 0.15) is 36.8 Å². The number of aromatic nitrogens is 6. The van der Waals surface area contributed by atoms with Gasteiger partial charge in [-0.2, -0.15) is 0 Å². The topological polar surface area (TPSA) is 196 Å². The number of hydrogen-bond acceptors (Lipinski definition) is 11. The summed E-state index contributed by atoms with van der Waals surface area (Å²) in [7, 11) is 1.48. The second kappa shape index (κ2) is 11.2. The number of carbonyl (C=O) groups excluding carboxylic acids is 1. The molecular formula is C24H25N9O5. The lowest BCUT2D eigenvalue weighted by Crippen LogP contribution is -2.18. The van der Waals surface area contributed by atoms with Gasteiger partial charge in [0.1, 0.15) is 17.6 Å². The van der Waals surface area contributed by atoms with Gasteiger partial charge < -0.3 is 25.3 Å². The number of nitrogens with zero attached hydrogens (tertiary/aromatic N) is 5. The molecule has 0 aliphatic rings. The van der Waals surface area contributed by atoms with Gasteiger partial charge in [-0.3, -0.25) is 15.2 Å². The number of carbonyl (C=O) groups is 1. The average molecular weight is 520 g/mol. The number of esters is 1. The fourth-order valence-corrected chi connectivity index (χ4v) is 3.57. The summed E-state index contributed by atoms with van der Waals surface area (Å²) in [6.07, 6.45) is 4.54. The number of hydrogen-bond donors (Lipinski definition) is 4. The Labute approximate surface area is 216 Å². The van der Waals surface area contributed by atoms with Crippen LogP contribution in [0.25, 0.3) is 5.95 Å². The summed E-state index contributed by atoms with van der Waals surface area (Å²) in [5.41, 5.74) is 6.36. The molecule has 4 rings (SSSR count). The van der Waals surface area contributed by atoms with E-state index in [1.165, 1.54) is 38.6 Å². The number of methoxy groups -OCH3 is 1. The van der Waals surface area contributed by atoms with Crippen molar-refractivity contribution >= 4 is 17.5 Å². The predicted octanol–water partition coefficient (Wildman–Crippen LogP) is 1.56. The Bertz CT molecular complexity index is 1520. The van der Waals surface area contributed by atoms with Crippen LogP contribution in [0.2, 0.25) is 0 Å². The molecule has 196 valence electrons. The lowest BCUT2D eigenvalue weighted by atomic mass is 10.1. The minimum atomic E-state index is -0.779. The van der Waals surface area contributed by atoms with E-state index >= 15 is 0 Å².